The summed E-state index contributed by atoms with van der Waals surface area (Å²) in [4.78, 5) is 15.1. The Labute approximate surface area is 88.1 Å². The second-order valence-corrected chi connectivity index (χ2v) is 3.90. The number of nitrogens with two attached hydrogens (primary N) is 1. The third-order valence-corrected chi connectivity index (χ3v) is 2.97. The Kier molecular flexibility index (Phi) is 2.68. The second kappa shape index (κ2) is 3.98. The average Bonchev–Trinajstić information content (AvgIpc) is 2.27. The highest BCUT2D eigenvalue weighted by molar-refractivity contribution is 5.74. The summed E-state index contributed by atoms with van der Waals surface area (Å²) >= 11 is 0. The van der Waals surface area contributed by atoms with Gasteiger partial charge in [0.2, 0.25) is 0 Å². The van der Waals surface area contributed by atoms with Crippen molar-refractivity contribution >= 4 is 5.97 Å². The van der Waals surface area contributed by atoms with Crippen molar-refractivity contribution in [1.29, 1.82) is 0 Å². The molecule has 3 N–H and O–H groups in total. The van der Waals surface area contributed by atoms with Gasteiger partial charge in [-0.15, -0.1) is 0 Å². The van der Waals surface area contributed by atoms with Crippen molar-refractivity contribution in [2.45, 2.75) is 31.2 Å². The van der Waals surface area contributed by atoms with E-state index in [0.29, 0.717) is 0 Å². The predicted molar refractivity (Wildman–Crippen MR) is 55.5 cm³/mol. The molecule has 1 aliphatic rings. The molecule has 0 saturated heterocycles. The first kappa shape index (κ1) is 10.1. The number of fused-ring (bicyclic) bond motifs is 1. The maximum Gasteiger partial charge on any atom is 0.321 e. The molecule has 0 amide bonds. The smallest absolute Gasteiger partial charge is 0.321 e. The van der Waals surface area contributed by atoms with Gasteiger partial charge in [-0.25, -0.2) is 0 Å². The summed E-state index contributed by atoms with van der Waals surface area (Å²) in [6.07, 6.45) is 4.48. The third-order valence-electron chi connectivity index (χ3n) is 2.97. The highest BCUT2D eigenvalue weighted by atomic mass is 16.4. The lowest BCUT2D eigenvalue weighted by Gasteiger charge is -2.27. The minimum atomic E-state index is -0.934. The Balaban J connectivity index is 2.33. The lowest BCUT2D eigenvalue weighted by atomic mass is 9.81. The summed E-state index contributed by atoms with van der Waals surface area (Å²) in [5.41, 5.74) is 7.70. The zero-order valence-electron chi connectivity index (χ0n) is 8.39. The van der Waals surface area contributed by atoms with E-state index in [0.717, 1.165) is 30.5 Å². The molecule has 0 fully saturated rings. The van der Waals surface area contributed by atoms with E-state index in [1.165, 1.54) is 0 Å². The zero-order chi connectivity index (χ0) is 10.8. The van der Waals surface area contributed by atoms with E-state index in [4.69, 9.17) is 10.8 Å². The van der Waals surface area contributed by atoms with Gasteiger partial charge < -0.3 is 10.8 Å². The van der Waals surface area contributed by atoms with Crippen LogP contribution in [0.5, 0.6) is 0 Å². The molecule has 0 saturated carbocycles. The van der Waals surface area contributed by atoms with Crippen LogP contribution in [0.15, 0.2) is 18.3 Å². The highest BCUT2D eigenvalue weighted by Crippen LogP contribution is 2.32. The van der Waals surface area contributed by atoms with Crippen LogP contribution in [0.3, 0.4) is 0 Å². The Morgan fingerprint density at radius 1 is 1.67 bits per heavy atom. The molecular weight excluding hydrogens is 192 g/mol. The van der Waals surface area contributed by atoms with E-state index in [9.17, 15) is 4.79 Å². The fourth-order valence-corrected chi connectivity index (χ4v) is 2.19. The molecule has 2 atom stereocenters. The van der Waals surface area contributed by atoms with Crippen LogP contribution in [0, 0.1) is 0 Å². The van der Waals surface area contributed by atoms with Crippen LogP contribution >= 0.6 is 0 Å². The average molecular weight is 206 g/mol. The summed E-state index contributed by atoms with van der Waals surface area (Å²) in [5.74, 6) is -1.02. The molecule has 15 heavy (non-hydrogen) atoms. The van der Waals surface area contributed by atoms with E-state index >= 15 is 0 Å². The Morgan fingerprint density at radius 2 is 2.47 bits per heavy atom. The van der Waals surface area contributed by atoms with Crippen LogP contribution in [0.2, 0.25) is 0 Å². The van der Waals surface area contributed by atoms with Gasteiger partial charge in [-0.1, -0.05) is 6.07 Å². The summed E-state index contributed by atoms with van der Waals surface area (Å²) in [7, 11) is 0. The molecular formula is C11H14N2O2. The van der Waals surface area contributed by atoms with Crippen molar-refractivity contribution in [3.8, 4) is 0 Å². The lowest BCUT2D eigenvalue weighted by Crippen LogP contribution is -2.38. The Bertz CT molecular complexity index is 379. The predicted octanol–water partition coefficient (Wildman–Crippen LogP) is 0.913. The maximum atomic E-state index is 10.9. The van der Waals surface area contributed by atoms with Gasteiger partial charge >= 0.3 is 5.97 Å². The molecule has 2 unspecified atom stereocenters. The number of aliphatic carboxylic acids is 1. The van der Waals surface area contributed by atoms with Crippen LogP contribution in [0.1, 0.15) is 30.0 Å². The lowest BCUT2D eigenvalue weighted by molar-refractivity contribution is -0.139. The van der Waals surface area contributed by atoms with Crippen molar-refractivity contribution in [3.63, 3.8) is 0 Å². The number of hydrogen-bond acceptors (Lipinski definition) is 3. The number of aromatic nitrogens is 1. The normalized spacial score (nSPS) is 21.8. The molecule has 4 nitrogen and oxygen atoms in total. The third kappa shape index (κ3) is 1.85. The SMILES string of the molecule is NC(C(=O)O)C1CCCc2ncccc21. The number of pyridine rings is 1. The molecule has 80 valence electrons. The number of nitrogens with zero attached hydrogens (tertiary/aromatic N) is 1. The molecule has 2 rings (SSSR count). The summed E-state index contributed by atoms with van der Waals surface area (Å²) in [6, 6.07) is 2.97. The fraction of sp³-hybridized carbons (Fsp3) is 0.455. The minimum absolute atomic E-state index is 0.0834. The van der Waals surface area contributed by atoms with Crippen LogP contribution in [-0.2, 0) is 11.2 Å². The van der Waals surface area contributed by atoms with Gasteiger partial charge in [0.25, 0.3) is 0 Å². The first-order valence-electron chi connectivity index (χ1n) is 5.12. The van der Waals surface area contributed by atoms with Crippen LogP contribution in [0.4, 0.5) is 0 Å². The molecule has 0 aliphatic heterocycles. The van der Waals surface area contributed by atoms with E-state index in [2.05, 4.69) is 4.98 Å². The highest BCUT2D eigenvalue weighted by Gasteiger charge is 2.30. The quantitative estimate of drug-likeness (QED) is 0.754. The largest absolute Gasteiger partial charge is 0.480 e. The molecule has 1 heterocycles. The topological polar surface area (TPSA) is 76.2 Å². The first-order chi connectivity index (χ1) is 7.20. The first-order valence-corrected chi connectivity index (χ1v) is 5.12. The van der Waals surface area contributed by atoms with E-state index < -0.39 is 12.0 Å². The van der Waals surface area contributed by atoms with E-state index in [-0.39, 0.29) is 5.92 Å². The van der Waals surface area contributed by atoms with Gasteiger partial charge in [-0.05, 0) is 30.9 Å². The van der Waals surface area contributed by atoms with Gasteiger partial charge in [-0.3, -0.25) is 9.78 Å². The number of hydrogen-bond donors (Lipinski definition) is 2. The molecule has 0 bridgehead atoms. The van der Waals surface area contributed by atoms with Gasteiger partial charge in [-0.2, -0.15) is 0 Å². The number of carboxylic acids is 1. The summed E-state index contributed by atoms with van der Waals surface area (Å²) < 4.78 is 0. The Hall–Kier alpha value is -1.42. The molecule has 0 spiro atoms. The monoisotopic (exact) mass is 206 g/mol. The van der Waals surface area contributed by atoms with E-state index in [1.807, 2.05) is 12.1 Å². The van der Waals surface area contributed by atoms with Crippen molar-refractivity contribution in [1.82, 2.24) is 4.98 Å². The molecule has 0 radical (unpaired) electrons. The second-order valence-electron chi connectivity index (χ2n) is 3.90. The Morgan fingerprint density at radius 3 is 3.20 bits per heavy atom. The minimum Gasteiger partial charge on any atom is -0.480 e. The standard InChI is InChI=1S/C11H14N2O2/c12-10(11(14)15)8-3-1-5-9-7(8)4-2-6-13-9/h2,4,6,8,10H,1,3,5,12H2,(H,14,15). The van der Waals surface area contributed by atoms with Crippen molar-refractivity contribution < 1.29 is 9.90 Å². The number of aryl methyl sites for hydroxylation is 1. The number of rotatable bonds is 2. The van der Waals surface area contributed by atoms with E-state index in [1.54, 1.807) is 6.20 Å². The molecule has 1 aromatic heterocycles. The molecule has 0 aromatic carbocycles. The molecule has 1 aromatic rings. The van der Waals surface area contributed by atoms with Gasteiger partial charge in [0, 0.05) is 17.8 Å². The number of carboxylic acid groups (broad SMARTS) is 1. The van der Waals surface area contributed by atoms with Gasteiger partial charge in [0.05, 0.1) is 0 Å². The molecule has 1 aliphatic carbocycles. The molecule has 4 heteroatoms. The summed E-state index contributed by atoms with van der Waals surface area (Å²) in [5, 5.41) is 8.91. The van der Waals surface area contributed by atoms with Crippen molar-refractivity contribution in [2.75, 3.05) is 0 Å². The van der Waals surface area contributed by atoms with Crippen LogP contribution in [-0.4, -0.2) is 22.1 Å². The van der Waals surface area contributed by atoms with Gasteiger partial charge in [0.15, 0.2) is 0 Å². The number of carbonyl (C=O) groups is 1. The maximum absolute atomic E-state index is 10.9. The summed E-state index contributed by atoms with van der Waals surface area (Å²) in [6.45, 7) is 0. The van der Waals surface area contributed by atoms with Gasteiger partial charge in [0.1, 0.15) is 6.04 Å². The van der Waals surface area contributed by atoms with Crippen molar-refractivity contribution in [2.24, 2.45) is 5.73 Å². The zero-order valence-corrected chi connectivity index (χ0v) is 8.39. The van der Waals surface area contributed by atoms with Crippen molar-refractivity contribution in [3.05, 3.63) is 29.6 Å². The van der Waals surface area contributed by atoms with Crippen LogP contribution in [0.25, 0.3) is 0 Å². The van der Waals surface area contributed by atoms with Crippen LogP contribution < -0.4 is 5.73 Å². The fourth-order valence-electron chi connectivity index (χ4n) is 2.19.